The fraction of sp³-hybridized carbons (Fsp3) is 0.400. The van der Waals surface area contributed by atoms with Crippen LogP contribution in [0.15, 0.2) is 42.6 Å². The molecule has 3 rings (SSSR count). The molecule has 1 aliphatic rings. The predicted molar refractivity (Wildman–Crippen MR) is 97.1 cm³/mol. The molecule has 4 heteroatoms. The predicted octanol–water partition coefficient (Wildman–Crippen LogP) is 4.02. The first-order valence-corrected chi connectivity index (χ1v) is 8.78. The van der Waals surface area contributed by atoms with Gasteiger partial charge < -0.3 is 10.2 Å². The second-order valence-corrected chi connectivity index (χ2v) is 6.42. The molecule has 2 heterocycles. The number of carbonyl (C=O) groups is 1. The van der Waals surface area contributed by atoms with E-state index in [0.29, 0.717) is 5.69 Å². The van der Waals surface area contributed by atoms with Gasteiger partial charge in [0.1, 0.15) is 5.69 Å². The van der Waals surface area contributed by atoms with Crippen LogP contribution in [0.3, 0.4) is 0 Å². The van der Waals surface area contributed by atoms with Gasteiger partial charge in [-0.25, -0.2) is 4.98 Å². The lowest BCUT2D eigenvalue weighted by atomic mass is 10.1. The fourth-order valence-corrected chi connectivity index (χ4v) is 3.07. The first kappa shape index (κ1) is 16.5. The summed E-state index contributed by atoms with van der Waals surface area (Å²) in [5, 5.41) is 3.37. The minimum absolute atomic E-state index is 0.0577. The summed E-state index contributed by atoms with van der Waals surface area (Å²) < 4.78 is 0. The standard InChI is InChI=1S/C20H25N3O/c1-16-8-4-5-9-17(16)14-21-18-10-11-19(22-15-18)20(24)23-12-6-2-3-7-13-23/h4-5,8-11,15,21H,2-3,6-7,12-14H2,1H3. The van der Waals surface area contributed by atoms with Crippen molar-refractivity contribution in [2.45, 2.75) is 39.2 Å². The molecule has 2 aromatic rings. The molecule has 1 amide bonds. The summed E-state index contributed by atoms with van der Waals surface area (Å²) in [5.74, 6) is 0.0577. The molecule has 0 saturated carbocycles. The number of nitrogens with one attached hydrogen (secondary N) is 1. The molecule has 0 radical (unpaired) electrons. The van der Waals surface area contributed by atoms with E-state index < -0.39 is 0 Å². The van der Waals surface area contributed by atoms with Crippen molar-refractivity contribution in [1.82, 2.24) is 9.88 Å². The maximum absolute atomic E-state index is 12.5. The average molecular weight is 323 g/mol. The van der Waals surface area contributed by atoms with Crippen LogP contribution in [-0.2, 0) is 6.54 Å². The maximum atomic E-state index is 12.5. The Morgan fingerprint density at radius 2 is 1.83 bits per heavy atom. The number of benzene rings is 1. The molecule has 1 aromatic carbocycles. The van der Waals surface area contributed by atoms with Gasteiger partial charge in [-0.2, -0.15) is 0 Å². The Bertz CT molecular complexity index is 674. The molecular weight excluding hydrogens is 298 g/mol. The van der Waals surface area contributed by atoms with Crippen LogP contribution in [0.25, 0.3) is 0 Å². The zero-order valence-electron chi connectivity index (χ0n) is 14.3. The summed E-state index contributed by atoms with van der Waals surface area (Å²) in [6, 6.07) is 12.1. The van der Waals surface area contributed by atoms with E-state index in [4.69, 9.17) is 0 Å². The number of hydrogen-bond donors (Lipinski definition) is 1. The number of aryl methyl sites for hydroxylation is 1. The SMILES string of the molecule is Cc1ccccc1CNc1ccc(C(=O)N2CCCCCC2)nc1. The Balaban J connectivity index is 1.60. The minimum atomic E-state index is 0.0577. The number of nitrogens with zero attached hydrogens (tertiary/aromatic N) is 2. The Labute approximate surface area is 143 Å². The number of pyridine rings is 1. The van der Waals surface area contributed by atoms with Gasteiger partial charge in [-0.3, -0.25) is 4.79 Å². The van der Waals surface area contributed by atoms with Gasteiger partial charge in [-0.1, -0.05) is 37.1 Å². The molecule has 4 nitrogen and oxygen atoms in total. The van der Waals surface area contributed by atoms with E-state index >= 15 is 0 Å². The molecule has 1 saturated heterocycles. The van der Waals surface area contributed by atoms with E-state index in [-0.39, 0.29) is 5.91 Å². The van der Waals surface area contributed by atoms with Crippen molar-refractivity contribution in [2.24, 2.45) is 0 Å². The van der Waals surface area contributed by atoms with Crippen molar-refractivity contribution in [3.05, 3.63) is 59.4 Å². The number of anilines is 1. The van der Waals surface area contributed by atoms with Crippen LogP contribution in [0.1, 0.15) is 47.3 Å². The Hall–Kier alpha value is -2.36. The monoisotopic (exact) mass is 323 g/mol. The van der Waals surface area contributed by atoms with Gasteiger partial charge in [0.15, 0.2) is 0 Å². The van der Waals surface area contributed by atoms with Crippen LogP contribution >= 0.6 is 0 Å². The van der Waals surface area contributed by atoms with E-state index in [2.05, 4.69) is 29.4 Å². The van der Waals surface area contributed by atoms with E-state index in [9.17, 15) is 4.79 Å². The quantitative estimate of drug-likeness (QED) is 0.924. The average Bonchev–Trinajstić information content (AvgIpc) is 2.90. The highest BCUT2D eigenvalue weighted by molar-refractivity contribution is 5.92. The van der Waals surface area contributed by atoms with E-state index in [1.807, 2.05) is 29.2 Å². The largest absolute Gasteiger partial charge is 0.380 e. The van der Waals surface area contributed by atoms with Crippen molar-refractivity contribution in [3.63, 3.8) is 0 Å². The molecular formula is C20H25N3O. The third kappa shape index (κ3) is 4.13. The first-order valence-electron chi connectivity index (χ1n) is 8.78. The van der Waals surface area contributed by atoms with Crippen molar-refractivity contribution >= 4 is 11.6 Å². The van der Waals surface area contributed by atoms with Crippen molar-refractivity contribution in [2.75, 3.05) is 18.4 Å². The zero-order valence-corrected chi connectivity index (χ0v) is 14.3. The normalized spacial score (nSPS) is 15.0. The lowest BCUT2D eigenvalue weighted by molar-refractivity contribution is 0.0756. The molecule has 126 valence electrons. The van der Waals surface area contributed by atoms with Crippen LogP contribution in [-0.4, -0.2) is 28.9 Å². The van der Waals surface area contributed by atoms with Crippen LogP contribution in [0.5, 0.6) is 0 Å². The highest BCUT2D eigenvalue weighted by atomic mass is 16.2. The lowest BCUT2D eigenvalue weighted by Gasteiger charge is -2.19. The molecule has 24 heavy (non-hydrogen) atoms. The van der Waals surface area contributed by atoms with Gasteiger partial charge in [0, 0.05) is 19.6 Å². The van der Waals surface area contributed by atoms with Gasteiger partial charge in [0.05, 0.1) is 11.9 Å². The second-order valence-electron chi connectivity index (χ2n) is 6.42. The van der Waals surface area contributed by atoms with Crippen LogP contribution in [0.2, 0.25) is 0 Å². The highest BCUT2D eigenvalue weighted by Gasteiger charge is 2.18. The van der Waals surface area contributed by atoms with Gasteiger partial charge in [0.25, 0.3) is 5.91 Å². The number of rotatable bonds is 4. The number of hydrogen-bond acceptors (Lipinski definition) is 3. The molecule has 0 bridgehead atoms. The van der Waals surface area contributed by atoms with E-state index in [0.717, 1.165) is 38.2 Å². The Kier molecular flexibility index (Phi) is 5.47. The summed E-state index contributed by atoms with van der Waals surface area (Å²) in [6.45, 7) is 4.58. The molecule has 1 fully saturated rings. The van der Waals surface area contributed by atoms with Crippen LogP contribution < -0.4 is 5.32 Å². The Morgan fingerprint density at radius 3 is 2.50 bits per heavy atom. The Morgan fingerprint density at radius 1 is 1.08 bits per heavy atom. The summed E-state index contributed by atoms with van der Waals surface area (Å²) in [4.78, 5) is 18.8. The molecule has 0 spiro atoms. The summed E-state index contributed by atoms with van der Waals surface area (Å²) in [6.07, 6.45) is 6.39. The number of amides is 1. The first-order chi connectivity index (χ1) is 11.7. The van der Waals surface area contributed by atoms with E-state index in [1.54, 1.807) is 6.20 Å². The number of aromatic nitrogens is 1. The summed E-state index contributed by atoms with van der Waals surface area (Å²) in [5.41, 5.74) is 4.01. The number of likely N-dealkylation sites (tertiary alicyclic amines) is 1. The maximum Gasteiger partial charge on any atom is 0.272 e. The van der Waals surface area contributed by atoms with Gasteiger partial charge in [-0.15, -0.1) is 0 Å². The molecule has 1 aromatic heterocycles. The van der Waals surface area contributed by atoms with Gasteiger partial charge in [0.2, 0.25) is 0 Å². The van der Waals surface area contributed by atoms with Crippen LogP contribution in [0.4, 0.5) is 5.69 Å². The van der Waals surface area contributed by atoms with Gasteiger partial charge in [-0.05, 0) is 43.0 Å². The van der Waals surface area contributed by atoms with Crippen molar-refractivity contribution in [1.29, 1.82) is 0 Å². The van der Waals surface area contributed by atoms with Crippen molar-refractivity contribution in [3.8, 4) is 0 Å². The molecule has 0 unspecified atom stereocenters. The highest BCUT2D eigenvalue weighted by Crippen LogP contribution is 2.15. The third-order valence-corrected chi connectivity index (χ3v) is 4.62. The summed E-state index contributed by atoms with van der Waals surface area (Å²) >= 11 is 0. The minimum Gasteiger partial charge on any atom is -0.380 e. The zero-order chi connectivity index (χ0) is 16.8. The number of carbonyl (C=O) groups excluding carboxylic acids is 1. The van der Waals surface area contributed by atoms with Crippen molar-refractivity contribution < 1.29 is 4.79 Å². The van der Waals surface area contributed by atoms with Crippen LogP contribution in [0, 0.1) is 6.92 Å². The lowest BCUT2D eigenvalue weighted by Crippen LogP contribution is -2.32. The molecule has 0 aliphatic carbocycles. The topological polar surface area (TPSA) is 45.2 Å². The van der Waals surface area contributed by atoms with Gasteiger partial charge >= 0.3 is 0 Å². The molecule has 0 atom stereocenters. The fourth-order valence-electron chi connectivity index (χ4n) is 3.07. The smallest absolute Gasteiger partial charge is 0.272 e. The molecule has 1 N–H and O–H groups in total. The van der Waals surface area contributed by atoms with E-state index in [1.165, 1.54) is 24.0 Å². The second kappa shape index (κ2) is 7.95. The molecule has 1 aliphatic heterocycles. The summed E-state index contributed by atoms with van der Waals surface area (Å²) in [7, 11) is 0. The third-order valence-electron chi connectivity index (χ3n) is 4.62.